The van der Waals surface area contributed by atoms with Gasteiger partial charge in [-0.3, -0.25) is 14.4 Å². The molecule has 2 saturated carbocycles. The Labute approximate surface area is 249 Å². The van der Waals surface area contributed by atoms with Crippen LogP contribution in [0, 0.1) is 22.2 Å². The quantitative estimate of drug-likeness (QED) is 0.130. The molecule has 3 aliphatic rings. The summed E-state index contributed by atoms with van der Waals surface area (Å²) in [6.07, 6.45) is 5.95. The summed E-state index contributed by atoms with van der Waals surface area (Å²) in [5.74, 6) is -2.16. The van der Waals surface area contributed by atoms with Gasteiger partial charge in [-0.15, -0.1) is 0 Å². The summed E-state index contributed by atoms with van der Waals surface area (Å²) in [7, 11) is -7.76. The highest BCUT2D eigenvalue weighted by atomic mass is 32.2. The van der Waals surface area contributed by atoms with Crippen molar-refractivity contribution in [3.05, 3.63) is 0 Å². The third-order valence-corrected chi connectivity index (χ3v) is 12.1. The third kappa shape index (κ3) is 7.85. The molecule has 2 aliphatic carbocycles. The maximum atomic E-state index is 13.7. The minimum absolute atomic E-state index is 0.0953. The maximum Gasteiger partial charge on any atom is 0.243 e. The summed E-state index contributed by atoms with van der Waals surface area (Å²) >= 11 is 0. The highest BCUT2D eigenvalue weighted by Gasteiger charge is 2.65. The number of sulfone groups is 1. The minimum Gasteiger partial charge on any atom is -0.345 e. The van der Waals surface area contributed by atoms with E-state index in [0.29, 0.717) is 63.4 Å². The van der Waals surface area contributed by atoms with E-state index in [1.54, 1.807) is 6.92 Å². The van der Waals surface area contributed by atoms with Crippen LogP contribution in [0.25, 0.3) is 0 Å². The van der Waals surface area contributed by atoms with Crippen molar-refractivity contribution in [2.24, 2.45) is 16.7 Å². The van der Waals surface area contributed by atoms with Crippen molar-refractivity contribution in [1.29, 1.82) is 5.41 Å². The SMILES string of the molecule is CC(=N)CCCC[C@@H](C=O)NC(=O)[C@@H]1CCCN1C(=O)[C@H](CCS(C)(=O)=O)NS(=O)(=O)C[C@]12CCC(CC1=O)C2(C)C. The van der Waals surface area contributed by atoms with Crippen molar-refractivity contribution < 1.29 is 36.0 Å². The van der Waals surface area contributed by atoms with E-state index >= 15 is 0 Å². The zero-order valence-corrected chi connectivity index (χ0v) is 26.7. The third-order valence-electron chi connectivity index (χ3n) is 9.62. The standard InChI is InChI=1S/C28H46N4O8S2/c1-19(29)8-5-6-9-21(17-33)30-25(35)23-10-7-14-32(23)26(36)22(12-15-41(4,37)38)31-42(39,40)18-28-13-11-20(16-24(28)34)27(28,2)3/h17,20-23,29,31H,5-16,18H2,1-4H3,(H,30,35)/t20?,21-,22-,23-,28+/m0/s1. The molecule has 1 heterocycles. The highest BCUT2D eigenvalue weighted by Crippen LogP contribution is 2.64. The van der Waals surface area contributed by atoms with Gasteiger partial charge in [0.15, 0.2) is 0 Å². The van der Waals surface area contributed by atoms with Crippen LogP contribution >= 0.6 is 0 Å². The number of rotatable bonds is 16. The largest absolute Gasteiger partial charge is 0.345 e. The fourth-order valence-electron chi connectivity index (χ4n) is 6.97. The number of carbonyl (C=O) groups is 4. The van der Waals surface area contributed by atoms with E-state index in [4.69, 9.17) is 5.41 Å². The number of amides is 2. The Morgan fingerprint density at radius 3 is 2.38 bits per heavy atom. The molecule has 1 saturated heterocycles. The first kappa shape index (κ1) is 34.3. The van der Waals surface area contributed by atoms with Gasteiger partial charge in [-0.25, -0.2) is 21.6 Å². The van der Waals surface area contributed by atoms with Gasteiger partial charge in [0.25, 0.3) is 0 Å². The number of sulfonamides is 1. The average molecular weight is 631 g/mol. The smallest absolute Gasteiger partial charge is 0.243 e. The maximum absolute atomic E-state index is 13.7. The van der Waals surface area contributed by atoms with Crippen LogP contribution in [0.1, 0.15) is 85.0 Å². The van der Waals surface area contributed by atoms with Crippen LogP contribution in [-0.4, -0.2) is 93.8 Å². The molecule has 3 rings (SSSR count). The van der Waals surface area contributed by atoms with Crippen molar-refractivity contribution in [2.75, 3.05) is 24.3 Å². The first-order chi connectivity index (χ1) is 19.4. The Hall–Kier alpha value is -2.19. The van der Waals surface area contributed by atoms with E-state index in [0.717, 1.165) is 12.7 Å². The number of fused-ring (bicyclic) bond motifs is 2. The molecule has 0 spiro atoms. The van der Waals surface area contributed by atoms with Gasteiger partial charge in [0.05, 0.1) is 17.5 Å². The zero-order valence-electron chi connectivity index (χ0n) is 25.1. The van der Waals surface area contributed by atoms with Gasteiger partial charge in [-0.1, -0.05) is 20.3 Å². The Balaban J connectivity index is 1.74. The minimum atomic E-state index is -4.21. The van der Waals surface area contributed by atoms with Gasteiger partial charge in [-0.2, -0.15) is 0 Å². The van der Waals surface area contributed by atoms with Crippen molar-refractivity contribution in [3.63, 3.8) is 0 Å². The molecular weight excluding hydrogens is 584 g/mol. The number of aldehydes is 1. The second-order valence-corrected chi connectivity index (χ2v) is 17.0. The summed E-state index contributed by atoms with van der Waals surface area (Å²) in [4.78, 5) is 52.7. The van der Waals surface area contributed by atoms with Crippen LogP contribution in [0.5, 0.6) is 0 Å². The number of hydrogen-bond donors (Lipinski definition) is 3. The predicted molar refractivity (Wildman–Crippen MR) is 158 cm³/mol. The van der Waals surface area contributed by atoms with Crippen molar-refractivity contribution >= 4 is 49.5 Å². The number of nitrogens with zero attached hydrogens (tertiary/aromatic N) is 1. The molecule has 0 aromatic carbocycles. The lowest BCUT2D eigenvalue weighted by Gasteiger charge is -2.36. The average Bonchev–Trinajstić information content (AvgIpc) is 3.51. The Morgan fingerprint density at radius 1 is 1.14 bits per heavy atom. The molecule has 14 heteroatoms. The number of Topliss-reactive ketones (excluding diaryl/α,β-unsaturated/α-hetero) is 1. The van der Waals surface area contributed by atoms with Crippen LogP contribution in [0.3, 0.4) is 0 Å². The molecule has 2 amide bonds. The van der Waals surface area contributed by atoms with Crippen molar-refractivity contribution in [1.82, 2.24) is 14.9 Å². The van der Waals surface area contributed by atoms with E-state index in [2.05, 4.69) is 10.0 Å². The second kappa shape index (κ2) is 13.2. The normalized spacial score (nSPS) is 26.7. The monoisotopic (exact) mass is 630 g/mol. The van der Waals surface area contributed by atoms with Gasteiger partial charge >= 0.3 is 0 Å². The number of carbonyl (C=O) groups excluding carboxylic acids is 4. The second-order valence-electron chi connectivity index (χ2n) is 13.0. The number of nitrogens with one attached hydrogen (secondary N) is 3. The Bertz CT molecular complexity index is 1300. The van der Waals surface area contributed by atoms with Gasteiger partial charge in [0, 0.05) is 30.3 Å². The van der Waals surface area contributed by atoms with E-state index in [-0.39, 0.29) is 24.7 Å². The number of ketones is 1. The molecule has 238 valence electrons. The number of hydrogen-bond acceptors (Lipinski definition) is 9. The number of unbranched alkanes of at least 4 members (excludes halogenated alkanes) is 1. The molecule has 0 aromatic heterocycles. The lowest BCUT2D eigenvalue weighted by Crippen LogP contribution is -2.56. The number of likely N-dealkylation sites (tertiary alicyclic amines) is 1. The highest BCUT2D eigenvalue weighted by molar-refractivity contribution is 7.90. The van der Waals surface area contributed by atoms with Crippen molar-refractivity contribution in [3.8, 4) is 0 Å². The molecule has 5 atom stereocenters. The molecule has 1 aliphatic heterocycles. The molecule has 2 bridgehead atoms. The molecular formula is C28H46N4O8S2. The first-order valence-electron chi connectivity index (χ1n) is 14.7. The lowest BCUT2D eigenvalue weighted by molar-refractivity contribution is -0.140. The van der Waals surface area contributed by atoms with E-state index in [9.17, 15) is 36.0 Å². The van der Waals surface area contributed by atoms with Gasteiger partial charge in [0.2, 0.25) is 21.8 Å². The Morgan fingerprint density at radius 2 is 1.83 bits per heavy atom. The molecule has 0 radical (unpaired) electrons. The summed E-state index contributed by atoms with van der Waals surface area (Å²) in [5.41, 5.74) is -1.05. The molecule has 3 N–H and O–H groups in total. The van der Waals surface area contributed by atoms with E-state index in [1.807, 2.05) is 13.8 Å². The first-order valence-corrected chi connectivity index (χ1v) is 18.4. The fraction of sp³-hybridized carbons (Fsp3) is 0.821. The summed E-state index contributed by atoms with van der Waals surface area (Å²) < 4.78 is 53.4. The summed E-state index contributed by atoms with van der Waals surface area (Å²) in [6.45, 7) is 5.70. The molecule has 1 unspecified atom stereocenters. The lowest BCUT2D eigenvalue weighted by atomic mass is 9.70. The van der Waals surface area contributed by atoms with Gasteiger partial charge in [-0.05, 0) is 69.6 Å². The van der Waals surface area contributed by atoms with Gasteiger partial charge in [0.1, 0.15) is 34.0 Å². The molecule has 42 heavy (non-hydrogen) atoms. The summed E-state index contributed by atoms with van der Waals surface area (Å²) in [5, 5.41) is 10.2. The van der Waals surface area contributed by atoms with Crippen LogP contribution < -0.4 is 10.0 Å². The zero-order chi connectivity index (χ0) is 31.5. The van der Waals surface area contributed by atoms with Crippen LogP contribution in [0.4, 0.5) is 0 Å². The molecule has 0 aromatic rings. The fourth-order valence-corrected chi connectivity index (χ4v) is 9.69. The topological polar surface area (TPSA) is 188 Å². The molecule has 12 nitrogen and oxygen atoms in total. The molecule has 3 fully saturated rings. The van der Waals surface area contributed by atoms with E-state index < -0.39 is 72.1 Å². The summed E-state index contributed by atoms with van der Waals surface area (Å²) in [6, 6.07) is -3.13. The van der Waals surface area contributed by atoms with Crippen LogP contribution in [-0.2, 0) is 39.0 Å². The van der Waals surface area contributed by atoms with Gasteiger partial charge < -0.3 is 20.4 Å². The van der Waals surface area contributed by atoms with Crippen molar-refractivity contribution in [2.45, 2.75) is 103 Å². The Kier molecular flexibility index (Phi) is 10.8. The van der Waals surface area contributed by atoms with Crippen LogP contribution in [0.2, 0.25) is 0 Å². The predicted octanol–water partition coefficient (Wildman–Crippen LogP) is 1.38. The van der Waals surface area contributed by atoms with E-state index in [1.165, 1.54) is 4.90 Å². The van der Waals surface area contributed by atoms with Crippen LogP contribution in [0.15, 0.2) is 0 Å².